The molecule has 2 heterocycles. The number of carbonyl (C=O) groups is 1. The minimum Gasteiger partial charge on any atom is -0.493 e. The zero-order valence-electron chi connectivity index (χ0n) is 9.75. The molecule has 0 bridgehead atoms. The number of hydrogen-bond donors (Lipinski definition) is 0. The molecule has 0 spiro atoms. The standard InChI is InChI=1S/C13H11NO4/c1-17-10-4-2-8-3-5-11(16)14-9(6-15)7-18-13(10)12(8)14/h2-6,9H,7H2,1H3. The van der Waals surface area contributed by atoms with E-state index in [2.05, 4.69) is 0 Å². The van der Waals surface area contributed by atoms with Crippen molar-refractivity contribution in [2.45, 2.75) is 6.04 Å². The van der Waals surface area contributed by atoms with Crippen LogP contribution in [0.4, 0.5) is 0 Å². The molecule has 0 N–H and O–H groups in total. The second kappa shape index (κ2) is 3.87. The molecule has 1 atom stereocenters. The predicted molar refractivity (Wildman–Crippen MR) is 65.4 cm³/mol. The van der Waals surface area contributed by atoms with E-state index in [9.17, 15) is 9.59 Å². The number of nitrogens with zero attached hydrogens (tertiary/aromatic N) is 1. The summed E-state index contributed by atoms with van der Waals surface area (Å²) in [4.78, 5) is 23.0. The monoisotopic (exact) mass is 245 g/mol. The van der Waals surface area contributed by atoms with Gasteiger partial charge in [0.25, 0.3) is 5.56 Å². The Morgan fingerprint density at radius 3 is 2.89 bits per heavy atom. The maximum absolute atomic E-state index is 11.9. The third-order valence-electron chi connectivity index (χ3n) is 3.12. The van der Waals surface area contributed by atoms with E-state index in [0.717, 1.165) is 11.7 Å². The third kappa shape index (κ3) is 1.33. The Balaban J connectivity index is 2.48. The molecule has 0 radical (unpaired) electrons. The molecule has 1 aromatic carbocycles. The zero-order valence-corrected chi connectivity index (χ0v) is 9.75. The molecule has 0 saturated heterocycles. The van der Waals surface area contributed by atoms with Crippen molar-refractivity contribution in [3.05, 3.63) is 34.6 Å². The lowest BCUT2D eigenvalue weighted by atomic mass is 10.1. The lowest BCUT2D eigenvalue weighted by molar-refractivity contribution is -0.111. The Hall–Kier alpha value is -2.30. The fraction of sp³-hybridized carbons (Fsp3) is 0.231. The fourth-order valence-corrected chi connectivity index (χ4v) is 2.28. The van der Waals surface area contributed by atoms with Crippen LogP contribution < -0.4 is 15.0 Å². The summed E-state index contributed by atoms with van der Waals surface area (Å²) < 4.78 is 12.2. The van der Waals surface area contributed by atoms with Gasteiger partial charge in [-0.3, -0.25) is 9.36 Å². The van der Waals surface area contributed by atoms with Crippen molar-refractivity contribution in [1.82, 2.24) is 4.57 Å². The molecule has 18 heavy (non-hydrogen) atoms. The number of methoxy groups -OCH3 is 1. The molecule has 92 valence electrons. The molecule has 5 heteroatoms. The van der Waals surface area contributed by atoms with Gasteiger partial charge in [0, 0.05) is 11.5 Å². The molecule has 1 aliphatic heterocycles. The maximum Gasteiger partial charge on any atom is 0.251 e. The third-order valence-corrected chi connectivity index (χ3v) is 3.12. The van der Waals surface area contributed by atoms with E-state index in [-0.39, 0.29) is 12.2 Å². The van der Waals surface area contributed by atoms with Crippen LogP contribution >= 0.6 is 0 Å². The van der Waals surface area contributed by atoms with Crippen molar-refractivity contribution in [2.24, 2.45) is 0 Å². The maximum atomic E-state index is 11.9. The summed E-state index contributed by atoms with van der Waals surface area (Å²) in [7, 11) is 1.54. The van der Waals surface area contributed by atoms with Gasteiger partial charge in [0.05, 0.1) is 12.6 Å². The number of pyridine rings is 1. The van der Waals surface area contributed by atoms with Crippen LogP contribution in [0.3, 0.4) is 0 Å². The second-order valence-corrected chi connectivity index (χ2v) is 4.09. The summed E-state index contributed by atoms with van der Waals surface area (Å²) in [6.07, 6.45) is 0.725. The van der Waals surface area contributed by atoms with Crippen LogP contribution in [-0.2, 0) is 4.79 Å². The first-order valence-corrected chi connectivity index (χ1v) is 5.56. The largest absolute Gasteiger partial charge is 0.493 e. The molecule has 0 fully saturated rings. The summed E-state index contributed by atoms with van der Waals surface area (Å²) in [5, 5.41) is 0.844. The van der Waals surface area contributed by atoms with E-state index in [0.29, 0.717) is 17.0 Å². The van der Waals surface area contributed by atoms with E-state index in [1.807, 2.05) is 6.07 Å². The number of carbonyl (C=O) groups excluding carboxylic acids is 1. The molecule has 5 nitrogen and oxygen atoms in total. The van der Waals surface area contributed by atoms with Crippen LogP contribution in [0, 0.1) is 0 Å². The summed E-state index contributed by atoms with van der Waals surface area (Å²) in [6, 6.07) is 6.21. The smallest absolute Gasteiger partial charge is 0.251 e. The van der Waals surface area contributed by atoms with Crippen LogP contribution in [0.2, 0.25) is 0 Å². The number of benzene rings is 1. The van der Waals surface area contributed by atoms with Gasteiger partial charge in [0.1, 0.15) is 18.9 Å². The fourth-order valence-electron chi connectivity index (χ4n) is 2.28. The predicted octanol–water partition coefficient (Wildman–Crippen LogP) is 1.14. The SMILES string of the molecule is COc1ccc2ccc(=O)n3c2c1OCC3C=O. The van der Waals surface area contributed by atoms with Crippen LogP contribution in [-0.4, -0.2) is 24.6 Å². The number of ether oxygens (including phenoxy) is 2. The lowest BCUT2D eigenvalue weighted by Crippen LogP contribution is -2.32. The van der Waals surface area contributed by atoms with Gasteiger partial charge in [-0.25, -0.2) is 0 Å². The Bertz CT molecular complexity index is 689. The van der Waals surface area contributed by atoms with Crippen LogP contribution in [0.25, 0.3) is 10.9 Å². The van der Waals surface area contributed by atoms with Gasteiger partial charge < -0.3 is 14.3 Å². The molecular formula is C13H11NO4. The Kier molecular flexibility index (Phi) is 2.33. The highest BCUT2D eigenvalue weighted by Gasteiger charge is 2.25. The summed E-state index contributed by atoms with van der Waals surface area (Å²) >= 11 is 0. The van der Waals surface area contributed by atoms with Crippen LogP contribution in [0.5, 0.6) is 11.5 Å². The molecule has 1 unspecified atom stereocenters. The average Bonchev–Trinajstić information content (AvgIpc) is 2.42. The molecule has 0 aliphatic carbocycles. The summed E-state index contributed by atoms with van der Waals surface area (Å²) in [6.45, 7) is 0.149. The van der Waals surface area contributed by atoms with Gasteiger partial charge in [0.2, 0.25) is 0 Å². The normalized spacial score (nSPS) is 17.3. The highest BCUT2D eigenvalue weighted by molar-refractivity contribution is 5.89. The Morgan fingerprint density at radius 2 is 2.17 bits per heavy atom. The first-order valence-electron chi connectivity index (χ1n) is 5.56. The van der Waals surface area contributed by atoms with E-state index < -0.39 is 6.04 Å². The highest BCUT2D eigenvalue weighted by Crippen LogP contribution is 2.38. The van der Waals surface area contributed by atoms with E-state index in [1.165, 1.54) is 17.7 Å². The number of aromatic nitrogens is 1. The number of hydrogen-bond acceptors (Lipinski definition) is 4. The van der Waals surface area contributed by atoms with E-state index in [4.69, 9.17) is 9.47 Å². The lowest BCUT2D eigenvalue weighted by Gasteiger charge is -2.25. The molecule has 0 saturated carbocycles. The second-order valence-electron chi connectivity index (χ2n) is 4.09. The van der Waals surface area contributed by atoms with Crippen molar-refractivity contribution >= 4 is 17.2 Å². The molecule has 1 aromatic heterocycles. The average molecular weight is 245 g/mol. The van der Waals surface area contributed by atoms with Gasteiger partial charge in [-0.15, -0.1) is 0 Å². The number of rotatable bonds is 2. The molecule has 1 aliphatic rings. The van der Waals surface area contributed by atoms with Gasteiger partial charge >= 0.3 is 0 Å². The van der Waals surface area contributed by atoms with Gasteiger partial charge in [-0.1, -0.05) is 0 Å². The van der Waals surface area contributed by atoms with Crippen molar-refractivity contribution in [3.63, 3.8) is 0 Å². The first-order chi connectivity index (χ1) is 8.76. The quantitative estimate of drug-likeness (QED) is 0.744. The van der Waals surface area contributed by atoms with Crippen molar-refractivity contribution in [1.29, 1.82) is 0 Å². The minimum atomic E-state index is -0.583. The van der Waals surface area contributed by atoms with Crippen molar-refractivity contribution in [3.8, 4) is 11.5 Å². The van der Waals surface area contributed by atoms with Crippen LogP contribution in [0.1, 0.15) is 6.04 Å². The zero-order chi connectivity index (χ0) is 12.7. The van der Waals surface area contributed by atoms with Gasteiger partial charge in [-0.05, 0) is 18.2 Å². The summed E-state index contributed by atoms with van der Waals surface area (Å²) in [5.74, 6) is 1.08. The summed E-state index contributed by atoms with van der Waals surface area (Å²) in [5.41, 5.74) is 0.405. The molecule has 2 aromatic rings. The van der Waals surface area contributed by atoms with Crippen molar-refractivity contribution in [2.75, 3.05) is 13.7 Å². The number of aldehydes is 1. The van der Waals surface area contributed by atoms with E-state index >= 15 is 0 Å². The minimum absolute atomic E-state index is 0.149. The van der Waals surface area contributed by atoms with E-state index in [1.54, 1.807) is 12.1 Å². The van der Waals surface area contributed by atoms with Crippen molar-refractivity contribution < 1.29 is 14.3 Å². The molecule has 3 rings (SSSR count). The van der Waals surface area contributed by atoms with Gasteiger partial charge in [-0.2, -0.15) is 0 Å². The highest BCUT2D eigenvalue weighted by atomic mass is 16.5. The van der Waals surface area contributed by atoms with Gasteiger partial charge in [0.15, 0.2) is 11.5 Å². The topological polar surface area (TPSA) is 57.5 Å². The Labute approximate surface area is 103 Å². The Morgan fingerprint density at radius 1 is 1.39 bits per heavy atom. The van der Waals surface area contributed by atoms with Crippen LogP contribution in [0.15, 0.2) is 29.1 Å². The molecular weight excluding hydrogens is 234 g/mol. The first kappa shape index (κ1) is 10.8. The molecule has 0 amide bonds.